The fraction of sp³-hybridized carbons (Fsp3) is 0.455. The Morgan fingerprint density at radius 3 is 2.68 bits per heavy atom. The van der Waals surface area contributed by atoms with Gasteiger partial charge in [0.1, 0.15) is 5.82 Å². The lowest BCUT2D eigenvalue weighted by atomic mass is 10.1. The molecule has 0 saturated carbocycles. The highest BCUT2D eigenvalue weighted by molar-refractivity contribution is 5.94. The second-order valence-corrected chi connectivity index (χ2v) is 6.97. The fourth-order valence-electron chi connectivity index (χ4n) is 3.19. The van der Waals surface area contributed by atoms with E-state index in [4.69, 9.17) is 9.47 Å². The normalized spacial score (nSPS) is 13.4. The number of carbonyl (C=O) groups is 1. The van der Waals surface area contributed by atoms with Gasteiger partial charge in [-0.15, -0.1) is 0 Å². The number of nitrogens with one attached hydrogen (secondary N) is 1. The molecule has 6 heteroatoms. The molecule has 28 heavy (non-hydrogen) atoms. The number of nitrogens with zero attached hydrogens (tertiary/aromatic N) is 2. The second kappa shape index (κ2) is 9.97. The summed E-state index contributed by atoms with van der Waals surface area (Å²) in [5.74, 6) is 2.09. The zero-order valence-corrected chi connectivity index (χ0v) is 16.7. The van der Waals surface area contributed by atoms with Gasteiger partial charge in [0.15, 0.2) is 11.5 Å². The quantitative estimate of drug-likeness (QED) is 0.667. The lowest BCUT2D eigenvalue weighted by molar-refractivity contribution is 0.0950. The van der Waals surface area contributed by atoms with Crippen molar-refractivity contribution in [1.82, 2.24) is 10.3 Å². The lowest BCUT2D eigenvalue weighted by Gasteiger charge is -2.16. The number of anilines is 1. The summed E-state index contributed by atoms with van der Waals surface area (Å²) in [4.78, 5) is 19.3. The monoisotopic (exact) mass is 383 g/mol. The zero-order chi connectivity index (χ0) is 19.8. The van der Waals surface area contributed by atoms with E-state index in [1.807, 2.05) is 18.3 Å². The highest BCUT2D eigenvalue weighted by Gasteiger charge is 2.14. The van der Waals surface area contributed by atoms with E-state index in [2.05, 4.69) is 22.1 Å². The van der Waals surface area contributed by atoms with Gasteiger partial charge in [-0.2, -0.15) is 0 Å². The van der Waals surface area contributed by atoms with Crippen LogP contribution in [0.2, 0.25) is 0 Å². The topological polar surface area (TPSA) is 63.7 Å². The number of hydrogen-bond donors (Lipinski definition) is 1. The summed E-state index contributed by atoms with van der Waals surface area (Å²) in [7, 11) is 1.58. The van der Waals surface area contributed by atoms with Crippen molar-refractivity contribution in [2.75, 3.05) is 31.7 Å². The smallest absolute Gasteiger partial charge is 0.251 e. The third kappa shape index (κ3) is 5.15. The van der Waals surface area contributed by atoms with Crippen molar-refractivity contribution < 1.29 is 14.3 Å². The average Bonchev–Trinajstić information content (AvgIpc) is 3.27. The molecule has 1 fully saturated rings. The number of methoxy groups -OCH3 is 1. The van der Waals surface area contributed by atoms with Gasteiger partial charge in [-0.25, -0.2) is 4.98 Å². The van der Waals surface area contributed by atoms with Crippen LogP contribution >= 0.6 is 0 Å². The van der Waals surface area contributed by atoms with Gasteiger partial charge in [-0.05, 0) is 49.1 Å². The maximum Gasteiger partial charge on any atom is 0.251 e. The number of rotatable bonds is 9. The molecule has 1 N–H and O–H groups in total. The molecule has 1 saturated heterocycles. The Hall–Kier alpha value is -2.76. The minimum Gasteiger partial charge on any atom is -0.493 e. The predicted octanol–water partition coefficient (Wildman–Crippen LogP) is 3.80. The predicted molar refractivity (Wildman–Crippen MR) is 110 cm³/mol. The number of ether oxygens (including phenoxy) is 2. The third-order valence-electron chi connectivity index (χ3n) is 4.87. The van der Waals surface area contributed by atoms with E-state index in [1.165, 1.54) is 12.8 Å². The molecule has 0 atom stereocenters. The van der Waals surface area contributed by atoms with Crippen LogP contribution in [-0.2, 0) is 6.54 Å². The van der Waals surface area contributed by atoms with Gasteiger partial charge in [0.25, 0.3) is 5.91 Å². The molecule has 0 spiro atoms. The molecule has 1 aliphatic heterocycles. The van der Waals surface area contributed by atoms with Gasteiger partial charge in [-0.1, -0.05) is 19.4 Å². The number of aromatic nitrogens is 1. The average molecular weight is 383 g/mol. The van der Waals surface area contributed by atoms with E-state index < -0.39 is 0 Å². The van der Waals surface area contributed by atoms with E-state index >= 15 is 0 Å². The Kier molecular flexibility index (Phi) is 7.12. The molecule has 150 valence electrons. The van der Waals surface area contributed by atoms with Crippen LogP contribution in [0.5, 0.6) is 11.5 Å². The number of benzene rings is 1. The number of carbonyl (C=O) groups excluding carboxylic acids is 1. The maximum atomic E-state index is 12.5. The highest BCUT2D eigenvalue weighted by atomic mass is 16.5. The van der Waals surface area contributed by atoms with Crippen molar-refractivity contribution in [3.8, 4) is 11.5 Å². The van der Waals surface area contributed by atoms with Crippen LogP contribution in [0, 0.1) is 0 Å². The van der Waals surface area contributed by atoms with Gasteiger partial charge in [0, 0.05) is 31.4 Å². The van der Waals surface area contributed by atoms with Gasteiger partial charge < -0.3 is 19.7 Å². The first-order valence-corrected chi connectivity index (χ1v) is 10.00. The van der Waals surface area contributed by atoms with Crippen LogP contribution in [0.1, 0.15) is 48.5 Å². The molecule has 3 rings (SSSR count). The molecular formula is C22H29N3O3. The largest absolute Gasteiger partial charge is 0.493 e. The van der Waals surface area contributed by atoms with E-state index in [1.54, 1.807) is 25.3 Å². The van der Waals surface area contributed by atoms with E-state index in [-0.39, 0.29) is 5.91 Å². The van der Waals surface area contributed by atoms with E-state index in [0.29, 0.717) is 30.2 Å². The molecule has 1 aromatic carbocycles. The maximum absolute atomic E-state index is 12.5. The number of amides is 1. The minimum absolute atomic E-state index is 0.151. The Balaban J connectivity index is 1.56. The molecule has 2 heterocycles. The number of hydrogen-bond acceptors (Lipinski definition) is 5. The fourth-order valence-corrected chi connectivity index (χ4v) is 3.19. The van der Waals surface area contributed by atoms with Crippen molar-refractivity contribution in [2.45, 2.75) is 39.2 Å². The van der Waals surface area contributed by atoms with Gasteiger partial charge in [0.2, 0.25) is 0 Å². The summed E-state index contributed by atoms with van der Waals surface area (Å²) in [6, 6.07) is 9.31. The van der Waals surface area contributed by atoms with Gasteiger partial charge in [-0.3, -0.25) is 4.79 Å². The summed E-state index contributed by atoms with van der Waals surface area (Å²) < 4.78 is 11.1. The molecule has 2 aromatic rings. The van der Waals surface area contributed by atoms with Crippen molar-refractivity contribution in [2.24, 2.45) is 0 Å². The molecule has 6 nitrogen and oxygen atoms in total. The summed E-state index contributed by atoms with van der Waals surface area (Å²) >= 11 is 0. The van der Waals surface area contributed by atoms with Crippen LogP contribution in [-0.4, -0.2) is 37.7 Å². The van der Waals surface area contributed by atoms with Gasteiger partial charge >= 0.3 is 0 Å². The molecule has 1 aliphatic rings. The summed E-state index contributed by atoms with van der Waals surface area (Å²) in [6.45, 7) is 5.33. The first-order chi connectivity index (χ1) is 13.7. The van der Waals surface area contributed by atoms with E-state index in [9.17, 15) is 4.79 Å². The third-order valence-corrected chi connectivity index (χ3v) is 4.87. The van der Waals surface area contributed by atoms with Gasteiger partial charge in [0.05, 0.1) is 13.7 Å². The molecule has 0 bridgehead atoms. The van der Waals surface area contributed by atoms with Crippen molar-refractivity contribution >= 4 is 11.7 Å². The van der Waals surface area contributed by atoms with Crippen LogP contribution in [0.3, 0.4) is 0 Å². The second-order valence-electron chi connectivity index (χ2n) is 6.97. The molecule has 0 unspecified atom stereocenters. The highest BCUT2D eigenvalue weighted by Crippen LogP contribution is 2.28. The Labute approximate surface area is 166 Å². The first-order valence-electron chi connectivity index (χ1n) is 10.00. The standard InChI is InChI=1S/C22H29N3O3/c1-3-4-13-28-19-9-8-18(14-20(19)27-2)22(26)24-16-17-7-10-21(23-15-17)25-11-5-6-12-25/h7-10,14-15H,3-6,11-13,16H2,1-2H3,(H,24,26). The minimum atomic E-state index is -0.151. The molecule has 1 aromatic heterocycles. The van der Waals surface area contributed by atoms with Crippen molar-refractivity contribution in [1.29, 1.82) is 0 Å². The summed E-state index contributed by atoms with van der Waals surface area (Å²) in [5, 5.41) is 2.94. The van der Waals surface area contributed by atoms with Crippen molar-refractivity contribution in [3.63, 3.8) is 0 Å². The van der Waals surface area contributed by atoms with Crippen LogP contribution in [0.25, 0.3) is 0 Å². The molecule has 0 radical (unpaired) electrons. The SMILES string of the molecule is CCCCOc1ccc(C(=O)NCc2ccc(N3CCCC3)nc2)cc1OC. The number of unbranched alkanes of at least 4 members (excludes halogenated alkanes) is 1. The summed E-state index contributed by atoms with van der Waals surface area (Å²) in [5.41, 5.74) is 1.52. The van der Waals surface area contributed by atoms with Crippen molar-refractivity contribution in [3.05, 3.63) is 47.7 Å². The lowest BCUT2D eigenvalue weighted by Crippen LogP contribution is -2.23. The van der Waals surface area contributed by atoms with E-state index in [0.717, 1.165) is 37.3 Å². The van der Waals surface area contributed by atoms with Crippen LogP contribution < -0.4 is 19.7 Å². The zero-order valence-electron chi connectivity index (χ0n) is 16.7. The molecule has 1 amide bonds. The molecular weight excluding hydrogens is 354 g/mol. The Bertz CT molecular complexity index is 771. The summed E-state index contributed by atoms with van der Waals surface area (Å²) in [6.07, 6.45) is 6.34. The Morgan fingerprint density at radius 1 is 1.18 bits per heavy atom. The van der Waals surface area contributed by atoms with Crippen LogP contribution in [0.15, 0.2) is 36.5 Å². The number of pyridine rings is 1. The first kappa shape index (κ1) is 20.0. The molecule has 0 aliphatic carbocycles. The Morgan fingerprint density at radius 2 is 2.00 bits per heavy atom. The van der Waals surface area contributed by atoms with Crippen LogP contribution in [0.4, 0.5) is 5.82 Å².